The van der Waals surface area contributed by atoms with Gasteiger partial charge in [0.25, 0.3) is 0 Å². The van der Waals surface area contributed by atoms with Crippen LogP contribution in [0.1, 0.15) is 42.0 Å². The lowest BCUT2D eigenvalue weighted by molar-refractivity contribution is 0.0503. The molecule has 1 aliphatic carbocycles. The van der Waals surface area contributed by atoms with Gasteiger partial charge in [0.15, 0.2) is 5.65 Å². The van der Waals surface area contributed by atoms with Gasteiger partial charge in [0.1, 0.15) is 5.75 Å². The number of likely N-dealkylation sites (N-methyl/N-ethyl adjacent to an activating group) is 1. The zero-order valence-electron chi connectivity index (χ0n) is 17.8. The van der Waals surface area contributed by atoms with Crippen molar-refractivity contribution in [1.82, 2.24) is 14.9 Å². The average molecular weight is 388 g/mol. The van der Waals surface area contributed by atoms with Gasteiger partial charge in [0.05, 0.1) is 12.8 Å². The van der Waals surface area contributed by atoms with Gasteiger partial charge in [-0.3, -0.25) is 0 Å². The highest BCUT2D eigenvalue weighted by Gasteiger charge is 2.40. The Kier molecular flexibility index (Phi) is 4.54. The van der Waals surface area contributed by atoms with Crippen molar-refractivity contribution in [3.63, 3.8) is 0 Å². The number of ether oxygens (including phenoxy) is 1. The molecule has 3 aliphatic rings. The number of piperidine rings is 2. The Bertz CT molecular complexity index is 1080. The standard InChI is InChI=1S/C25H29N3O/c1-15-11-16(2)24(23(12-15)29-4)21-9-7-18-6-8-20(26-25(18)27-21)19-13-17-5-10-22(19)28(3)14-17/h6-9,11-12,17,19,22H,5,10,13-14H2,1-4H3. The summed E-state index contributed by atoms with van der Waals surface area (Å²) in [5, 5.41) is 1.09. The summed E-state index contributed by atoms with van der Waals surface area (Å²) in [4.78, 5) is 12.6. The van der Waals surface area contributed by atoms with Crippen LogP contribution in [0.4, 0.5) is 0 Å². The zero-order chi connectivity index (χ0) is 20.1. The second-order valence-corrected chi connectivity index (χ2v) is 8.93. The van der Waals surface area contributed by atoms with E-state index in [0.29, 0.717) is 12.0 Å². The van der Waals surface area contributed by atoms with E-state index < -0.39 is 0 Å². The Morgan fingerprint density at radius 1 is 1.03 bits per heavy atom. The molecule has 0 radical (unpaired) electrons. The molecule has 2 bridgehead atoms. The molecule has 6 rings (SSSR count). The van der Waals surface area contributed by atoms with Crippen LogP contribution in [0, 0.1) is 19.8 Å². The molecule has 29 heavy (non-hydrogen) atoms. The number of aryl methyl sites for hydroxylation is 2. The predicted molar refractivity (Wildman–Crippen MR) is 118 cm³/mol. The number of hydrogen-bond donors (Lipinski definition) is 0. The van der Waals surface area contributed by atoms with Crippen LogP contribution in [0.25, 0.3) is 22.3 Å². The smallest absolute Gasteiger partial charge is 0.160 e. The fraction of sp³-hybridized carbons (Fsp3) is 0.440. The summed E-state index contributed by atoms with van der Waals surface area (Å²) in [6, 6.07) is 13.5. The lowest BCUT2D eigenvalue weighted by Gasteiger charge is -2.48. The van der Waals surface area contributed by atoms with E-state index in [-0.39, 0.29) is 0 Å². The van der Waals surface area contributed by atoms with Crippen LogP contribution in [0.15, 0.2) is 36.4 Å². The number of nitrogens with zero attached hydrogens (tertiary/aromatic N) is 3. The summed E-state index contributed by atoms with van der Waals surface area (Å²) in [6.45, 7) is 5.45. The van der Waals surface area contributed by atoms with Gasteiger partial charge in [-0.1, -0.05) is 6.07 Å². The third kappa shape index (κ3) is 3.20. The van der Waals surface area contributed by atoms with Crippen LogP contribution in [0.2, 0.25) is 0 Å². The molecule has 1 aromatic carbocycles. The maximum absolute atomic E-state index is 5.67. The van der Waals surface area contributed by atoms with Crippen molar-refractivity contribution in [2.75, 3.05) is 20.7 Å². The molecule has 1 saturated carbocycles. The fourth-order valence-corrected chi connectivity index (χ4v) is 5.57. The molecule has 2 aliphatic heterocycles. The van der Waals surface area contributed by atoms with Gasteiger partial charge < -0.3 is 9.64 Å². The van der Waals surface area contributed by atoms with Crippen LogP contribution >= 0.6 is 0 Å². The molecule has 4 heterocycles. The van der Waals surface area contributed by atoms with E-state index in [1.165, 1.54) is 42.6 Å². The number of fused-ring (bicyclic) bond motifs is 4. The maximum atomic E-state index is 5.67. The summed E-state index contributed by atoms with van der Waals surface area (Å²) in [5.41, 5.74) is 6.40. The Morgan fingerprint density at radius 2 is 1.86 bits per heavy atom. The Hall–Kier alpha value is -2.46. The van der Waals surface area contributed by atoms with Gasteiger partial charge in [-0.05, 0) is 87.5 Å². The number of methoxy groups -OCH3 is 1. The Morgan fingerprint density at radius 3 is 2.62 bits per heavy atom. The third-order valence-corrected chi connectivity index (χ3v) is 6.91. The largest absolute Gasteiger partial charge is 0.496 e. The molecule has 150 valence electrons. The lowest BCUT2D eigenvalue weighted by Crippen LogP contribution is -2.50. The molecular formula is C25H29N3O. The van der Waals surface area contributed by atoms with Gasteiger partial charge in [0.2, 0.25) is 0 Å². The molecule has 2 aromatic heterocycles. The molecule has 4 heteroatoms. The quantitative estimate of drug-likeness (QED) is 0.625. The summed E-state index contributed by atoms with van der Waals surface area (Å²) >= 11 is 0. The third-order valence-electron chi connectivity index (χ3n) is 6.91. The van der Waals surface area contributed by atoms with Crippen molar-refractivity contribution in [2.45, 2.75) is 45.1 Å². The highest BCUT2D eigenvalue weighted by Crippen LogP contribution is 2.43. The highest BCUT2D eigenvalue weighted by molar-refractivity contribution is 5.81. The minimum absolute atomic E-state index is 0.526. The van der Waals surface area contributed by atoms with Crippen LogP contribution in [0.5, 0.6) is 5.75 Å². The lowest BCUT2D eigenvalue weighted by atomic mass is 9.71. The monoisotopic (exact) mass is 387 g/mol. The predicted octanol–water partition coefficient (Wildman–Crippen LogP) is 5.12. The molecule has 3 fully saturated rings. The van der Waals surface area contributed by atoms with Gasteiger partial charge in [0, 0.05) is 35.1 Å². The van der Waals surface area contributed by atoms with Crippen molar-refractivity contribution in [3.05, 3.63) is 53.2 Å². The molecule has 0 N–H and O–H groups in total. The van der Waals surface area contributed by atoms with Gasteiger partial charge in [-0.25, -0.2) is 9.97 Å². The first-order chi connectivity index (χ1) is 14.0. The van der Waals surface area contributed by atoms with Gasteiger partial charge in [-0.15, -0.1) is 0 Å². The molecule has 2 saturated heterocycles. The average Bonchev–Trinajstić information content (AvgIpc) is 2.72. The first-order valence-electron chi connectivity index (χ1n) is 10.7. The number of benzene rings is 1. The van der Waals surface area contributed by atoms with E-state index in [4.69, 9.17) is 14.7 Å². The summed E-state index contributed by atoms with van der Waals surface area (Å²) in [7, 11) is 4.00. The first kappa shape index (κ1) is 18.6. The minimum Gasteiger partial charge on any atom is -0.496 e. The molecule has 4 nitrogen and oxygen atoms in total. The van der Waals surface area contributed by atoms with Crippen LogP contribution in [0.3, 0.4) is 0 Å². The van der Waals surface area contributed by atoms with Crippen molar-refractivity contribution in [3.8, 4) is 17.0 Å². The van der Waals surface area contributed by atoms with Gasteiger partial charge in [-0.2, -0.15) is 0 Å². The van der Waals surface area contributed by atoms with Crippen molar-refractivity contribution < 1.29 is 4.74 Å². The number of hydrogen-bond acceptors (Lipinski definition) is 4. The van der Waals surface area contributed by atoms with E-state index in [2.05, 4.69) is 62.2 Å². The first-order valence-corrected chi connectivity index (χ1v) is 10.7. The second kappa shape index (κ2) is 7.10. The van der Waals surface area contributed by atoms with Crippen molar-refractivity contribution in [1.29, 1.82) is 0 Å². The summed E-state index contributed by atoms with van der Waals surface area (Å²) in [5.74, 6) is 2.21. The summed E-state index contributed by atoms with van der Waals surface area (Å²) in [6.07, 6.45) is 3.92. The molecule has 0 spiro atoms. The van der Waals surface area contributed by atoms with Crippen LogP contribution in [-0.4, -0.2) is 41.6 Å². The normalized spacial score (nSPS) is 24.2. The molecular weight excluding hydrogens is 358 g/mol. The number of pyridine rings is 2. The van der Waals surface area contributed by atoms with E-state index in [0.717, 1.165) is 34.0 Å². The SMILES string of the molecule is COc1cc(C)cc(C)c1-c1ccc2ccc(C3CC4CCC3N(C)C4)nc2n1. The highest BCUT2D eigenvalue weighted by atomic mass is 16.5. The van der Waals surface area contributed by atoms with E-state index in [1.54, 1.807) is 7.11 Å². The maximum Gasteiger partial charge on any atom is 0.160 e. The zero-order valence-corrected chi connectivity index (χ0v) is 17.8. The van der Waals surface area contributed by atoms with Gasteiger partial charge >= 0.3 is 0 Å². The topological polar surface area (TPSA) is 38.2 Å². The van der Waals surface area contributed by atoms with Crippen molar-refractivity contribution >= 4 is 11.0 Å². The van der Waals surface area contributed by atoms with E-state index in [9.17, 15) is 0 Å². The van der Waals surface area contributed by atoms with Crippen LogP contribution < -0.4 is 4.74 Å². The van der Waals surface area contributed by atoms with E-state index in [1.807, 2.05) is 0 Å². The van der Waals surface area contributed by atoms with E-state index >= 15 is 0 Å². The second-order valence-electron chi connectivity index (χ2n) is 8.93. The Balaban J connectivity index is 1.58. The molecule has 3 aromatic rings. The molecule has 3 atom stereocenters. The fourth-order valence-electron chi connectivity index (χ4n) is 5.57. The van der Waals surface area contributed by atoms with Crippen LogP contribution in [-0.2, 0) is 0 Å². The molecule has 3 unspecified atom stereocenters. The molecule has 0 amide bonds. The van der Waals surface area contributed by atoms with Crippen molar-refractivity contribution in [2.24, 2.45) is 5.92 Å². The minimum atomic E-state index is 0.526. The number of aromatic nitrogens is 2. The summed E-state index contributed by atoms with van der Waals surface area (Å²) < 4.78 is 5.67. The number of rotatable bonds is 3. The Labute approximate surface area is 172 Å².